The van der Waals surface area contributed by atoms with Crippen molar-refractivity contribution in [2.45, 2.75) is 45.2 Å². The van der Waals surface area contributed by atoms with E-state index in [2.05, 4.69) is 34.2 Å². The molecular formula is C15H22BrClN2O. The molecule has 0 heterocycles. The molecule has 0 unspecified atom stereocenters. The molecule has 3 nitrogen and oxygen atoms in total. The van der Waals surface area contributed by atoms with E-state index in [4.69, 9.17) is 5.73 Å². The Morgan fingerprint density at radius 2 is 2.20 bits per heavy atom. The quantitative estimate of drug-likeness (QED) is 0.864. The van der Waals surface area contributed by atoms with E-state index in [1.54, 1.807) is 0 Å². The fraction of sp³-hybridized carbons (Fsp3) is 0.533. The van der Waals surface area contributed by atoms with Crippen LogP contribution in [-0.2, 0) is 11.3 Å². The molecule has 5 heteroatoms. The minimum atomic E-state index is 0. The summed E-state index contributed by atoms with van der Waals surface area (Å²) in [7, 11) is 0. The van der Waals surface area contributed by atoms with Gasteiger partial charge in [0.15, 0.2) is 0 Å². The molecule has 1 aromatic rings. The van der Waals surface area contributed by atoms with Crippen LogP contribution in [0.3, 0.4) is 0 Å². The number of nitrogens with one attached hydrogen (secondary N) is 1. The van der Waals surface area contributed by atoms with E-state index in [1.807, 2.05) is 12.1 Å². The number of hydrogen-bond acceptors (Lipinski definition) is 2. The highest BCUT2D eigenvalue weighted by Crippen LogP contribution is 2.26. The maximum atomic E-state index is 11.9. The van der Waals surface area contributed by atoms with Gasteiger partial charge in [0.1, 0.15) is 0 Å². The Balaban J connectivity index is 0.00000200. The molecule has 1 aromatic carbocycles. The first-order valence-corrected chi connectivity index (χ1v) is 7.63. The summed E-state index contributed by atoms with van der Waals surface area (Å²) in [5, 5.41) is 3.00. The van der Waals surface area contributed by atoms with Crippen LogP contribution < -0.4 is 11.1 Å². The number of carbonyl (C=O) groups is 1. The summed E-state index contributed by atoms with van der Waals surface area (Å²) in [5.41, 5.74) is 8.34. The molecule has 0 aromatic heterocycles. The van der Waals surface area contributed by atoms with Crippen LogP contribution in [0.2, 0.25) is 0 Å². The van der Waals surface area contributed by atoms with E-state index in [1.165, 1.54) is 5.56 Å². The summed E-state index contributed by atoms with van der Waals surface area (Å²) in [6.45, 7) is 2.65. The second-order valence-corrected chi connectivity index (χ2v) is 6.32. The predicted molar refractivity (Wildman–Crippen MR) is 87.9 cm³/mol. The molecule has 2 rings (SSSR count). The van der Waals surface area contributed by atoms with Gasteiger partial charge in [0.2, 0.25) is 5.91 Å². The van der Waals surface area contributed by atoms with Gasteiger partial charge in [-0.05, 0) is 48.9 Å². The fourth-order valence-electron chi connectivity index (χ4n) is 2.68. The first-order valence-electron chi connectivity index (χ1n) is 6.83. The molecule has 1 fully saturated rings. The van der Waals surface area contributed by atoms with Gasteiger partial charge in [0.25, 0.3) is 0 Å². The number of rotatable bonds is 4. The average Bonchev–Trinajstić information content (AvgIpc) is 2.74. The van der Waals surface area contributed by atoms with Crippen LogP contribution >= 0.6 is 28.3 Å². The highest BCUT2D eigenvalue weighted by atomic mass is 79.9. The van der Waals surface area contributed by atoms with E-state index >= 15 is 0 Å². The van der Waals surface area contributed by atoms with Gasteiger partial charge in [-0.15, -0.1) is 12.4 Å². The Labute approximate surface area is 135 Å². The molecular weight excluding hydrogens is 340 g/mol. The lowest BCUT2D eigenvalue weighted by molar-refractivity contribution is -0.122. The van der Waals surface area contributed by atoms with E-state index in [0.717, 1.165) is 29.3 Å². The van der Waals surface area contributed by atoms with Gasteiger partial charge in [-0.2, -0.15) is 0 Å². The Morgan fingerprint density at radius 1 is 1.45 bits per heavy atom. The summed E-state index contributed by atoms with van der Waals surface area (Å²) in [4.78, 5) is 11.9. The lowest BCUT2D eigenvalue weighted by Crippen LogP contribution is -2.31. The van der Waals surface area contributed by atoms with E-state index in [9.17, 15) is 4.79 Å². The highest BCUT2D eigenvalue weighted by Gasteiger charge is 2.25. The zero-order valence-electron chi connectivity index (χ0n) is 11.7. The lowest BCUT2D eigenvalue weighted by atomic mass is 10.00. The number of nitrogens with two attached hydrogens (primary N) is 1. The van der Waals surface area contributed by atoms with Crippen molar-refractivity contribution in [2.75, 3.05) is 0 Å². The third-order valence-corrected chi connectivity index (χ3v) is 4.44. The smallest absolute Gasteiger partial charge is 0.220 e. The number of benzene rings is 1. The summed E-state index contributed by atoms with van der Waals surface area (Å²) in [6, 6.07) is 6.32. The molecule has 0 radical (unpaired) electrons. The molecule has 0 bridgehead atoms. The molecule has 112 valence electrons. The molecule has 1 aliphatic rings. The van der Waals surface area contributed by atoms with Crippen molar-refractivity contribution in [2.24, 2.45) is 11.7 Å². The third kappa shape index (κ3) is 4.76. The molecule has 0 aliphatic heterocycles. The standard InChI is InChI=1S/C15H21BrN2O.ClH/c1-10-7-13(16)6-5-12(10)9-18-15(19)8-11-3-2-4-14(11)17;/h5-7,11,14H,2-4,8-9,17H2,1H3,(H,18,19);1H/t11-,14+;/m0./s1. The van der Waals surface area contributed by atoms with Crippen molar-refractivity contribution < 1.29 is 4.79 Å². The van der Waals surface area contributed by atoms with Crippen LogP contribution in [0.5, 0.6) is 0 Å². The molecule has 2 atom stereocenters. The summed E-state index contributed by atoms with van der Waals surface area (Å²) < 4.78 is 1.07. The number of carbonyl (C=O) groups excluding carboxylic acids is 1. The van der Waals surface area contributed by atoms with Crippen LogP contribution in [0, 0.1) is 12.8 Å². The van der Waals surface area contributed by atoms with Gasteiger partial charge in [0, 0.05) is 23.5 Å². The van der Waals surface area contributed by atoms with E-state index in [-0.39, 0.29) is 24.4 Å². The maximum absolute atomic E-state index is 11.9. The minimum Gasteiger partial charge on any atom is -0.352 e. The van der Waals surface area contributed by atoms with Gasteiger partial charge >= 0.3 is 0 Å². The van der Waals surface area contributed by atoms with Crippen LogP contribution in [0.25, 0.3) is 0 Å². The van der Waals surface area contributed by atoms with Gasteiger partial charge < -0.3 is 11.1 Å². The zero-order valence-corrected chi connectivity index (χ0v) is 14.1. The predicted octanol–water partition coefficient (Wildman–Crippen LogP) is 3.31. The molecule has 0 spiro atoms. The van der Waals surface area contributed by atoms with Gasteiger partial charge in [-0.3, -0.25) is 4.79 Å². The summed E-state index contributed by atoms with van der Waals surface area (Å²) >= 11 is 3.44. The Kier molecular flexibility index (Phi) is 7.00. The van der Waals surface area contributed by atoms with Crippen molar-refractivity contribution in [3.05, 3.63) is 33.8 Å². The normalized spacial score (nSPS) is 21.4. The van der Waals surface area contributed by atoms with Crippen molar-refractivity contribution in [1.82, 2.24) is 5.32 Å². The molecule has 3 N–H and O–H groups in total. The van der Waals surface area contributed by atoms with E-state index in [0.29, 0.717) is 18.9 Å². The Morgan fingerprint density at radius 3 is 2.80 bits per heavy atom. The topological polar surface area (TPSA) is 55.1 Å². The van der Waals surface area contributed by atoms with Crippen LogP contribution in [0.4, 0.5) is 0 Å². The van der Waals surface area contributed by atoms with Crippen LogP contribution in [0.15, 0.2) is 22.7 Å². The third-order valence-electron chi connectivity index (χ3n) is 3.95. The number of hydrogen-bond donors (Lipinski definition) is 2. The second kappa shape index (κ2) is 8.01. The Bertz CT molecular complexity index is 467. The first-order chi connectivity index (χ1) is 9.06. The van der Waals surface area contributed by atoms with Crippen molar-refractivity contribution >= 4 is 34.2 Å². The average molecular weight is 362 g/mol. The van der Waals surface area contributed by atoms with Crippen molar-refractivity contribution in [1.29, 1.82) is 0 Å². The summed E-state index contributed by atoms with van der Waals surface area (Å²) in [5.74, 6) is 0.482. The van der Waals surface area contributed by atoms with Gasteiger partial charge in [0.05, 0.1) is 0 Å². The first kappa shape index (κ1) is 17.5. The van der Waals surface area contributed by atoms with Crippen molar-refractivity contribution in [3.63, 3.8) is 0 Å². The maximum Gasteiger partial charge on any atom is 0.220 e. The van der Waals surface area contributed by atoms with Gasteiger partial charge in [-0.25, -0.2) is 0 Å². The zero-order chi connectivity index (χ0) is 13.8. The number of aryl methyl sites for hydroxylation is 1. The molecule has 1 aliphatic carbocycles. The fourth-order valence-corrected chi connectivity index (χ4v) is 3.16. The van der Waals surface area contributed by atoms with E-state index < -0.39 is 0 Å². The summed E-state index contributed by atoms with van der Waals surface area (Å²) in [6.07, 6.45) is 3.87. The molecule has 0 saturated heterocycles. The Hall–Kier alpha value is -0.580. The highest BCUT2D eigenvalue weighted by molar-refractivity contribution is 9.10. The van der Waals surface area contributed by atoms with Gasteiger partial charge in [-0.1, -0.05) is 28.4 Å². The molecule has 1 amide bonds. The minimum absolute atomic E-state index is 0. The monoisotopic (exact) mass is 360 g/mol. The van der Waals surface area contributed by atoms with Crippen LogP contribution in [-0.4, -0.2) is 11.9 Å². The molecule has 20 heavy (non-hydrogen) atoms. The van der Waals surface area contributed by atoms with Crippen molar-refractivity contribution in [3.8, 4) is 0 Å². The number of halogens is 2. The van der Waals surface area contributed by atoms with Crippen LogP contribution in [0.1, 0.15) is 36.8 Å². The SMILES string of the molecule is Cc1cc(Br)ccc1CNC(=O)C[C@@H]1CCC[C@H]1N.Cl. The largest absolute Gasteiger partial charge is 0.352 e. The number of amides is 1. The molecule has 1 saturated carbocycles. The lowest BCUT2D eigenvalue weighted by Gasteiger charge is -2.15. The second-order valence-electron chi connectivity index (χ2n) is 5.41.